The van der Waals surface area contributed by atoms with Crippen LogP contribution in [0.15, 0.2) is 24.5 Å². The van der Waals surface area contributed by atoms with Crippen LogP contribution in [0.3, 0.4) is 0 Å². The Bertz CT molecular complexity index is 1170. The van der Waals surface area contributed by atoms with Crippen LogP contribution in [0.1, 0.15) is 45.7 Å². The van der Waals surface area contributed by atoms with Crippen LogP contribution in [-0.2, 0) is 27.2 Å². The molecule has 0 saturated carbocycles. The average molecular weight is 407 g/mol. The molecule has 0 atom stereocenters. The molecular formula is C21H21N5O4. The lowest BCUT2D eigenvalue weighted by atomic mass is 9.99. The number of anilines is 1. The zero-order chi connectivity index (χ0) is 21.3. The Morgan fingerprint density at radius 3 is 2.90 bits per heavy atom. The van der Waals surface area contributed by atoms with Crippen LogP contribution in [0.4, 0.5) is 5.69 Å². The number of nitrogens with one attached hydrogen (secondary N) is 1. The predicted octanol–water partition coefficient (Wildman–Crippen LogP) is 1.98. The highest BCUT2D eigenvalue weighted by atomic mass is 16.5. The Kier molecular flexibility index (Phi) is 5.26. The van der Waals surface area contributed by atoms with Gasteiger partial charge in [-0.3, -0.25) is 14.4 Å². The van der Waals surface area contributed by atoms with Crippen LogP contribution >= 0.6 is 0 Å². The Morgan fingerprint density at radius 2 is 2.07 bits per heavy atom. The Morgan fingerprint density at radius 1 is 1.23 bits per heavy atom. The molecule has 0 saturated heterocycles. The van der Waals surface area contributed by atoms with Gasteiger partial charge in [0.25, 0.3) is 5.78 Å². The van der Waals surface area contributed by atoms with E-state index in [-0.39, 0.29) is 24.7 Å². The van der Waals surface area contributed by atoms with E-state index >= 15 is 0 Å². The number of rotatable bonds is 6. The van der Waals surface area contributed by atoms with E-state index in [2.05, 4.69) is 20.4 Å². The minimum absolute atomic E-state index is 0.0286. The summed E-state index contributed by atoms with van der Waals surface area (Å²) in [5.41, 5.74) is 4.67. The van der Waals surface area contributed by atoms with Crippen molar-refractivity contribution in [3.05, 3.63) is 52.6 Å². The number of aromatic nitrogens is 4. The molecule has 1 N–H and O–H groups in total. The maximum absolute atomic E-state index is 12.4. The highest BCUT2D eigenvalue weighted by Crippen LogP contribution is 2.24. The number of amides is 1. The van der Waals surface area contributed by atoms with Crippen molar-refractivity contribution in [3.63, 3.8) is 0 Å². The van der Waals surface area contributed by atoms with Gasteiger partial charge in [0.05, 0.1) is 0 Å². The molecule has 1 aliphatic rings. The third kappa shape index (κ3) is 3.91. The summed E-state index contributed by atoms with van der Waals surface area (Å²) in [6, 6.07) is 5.09. The maximum atomic E-state index is 12.4. The van der Waals surface area contributed by atoms with Gasteiger partial charge in [0, 0.05) is 35.5 Å². The largest absolute Gasteiger partial charge is 0.457 e. The van der Waals surface area contributed by atoms with Crippen LogP contribution in [0.5, 0.6) is 0 Å². The number of benzene rings is 1. The fourth-order valence-corrected chi connectivity index (χ4v) is 3.60. The predicted molar refractivity (Wildman–Crippen MR) is 107 cm³/mol. The summed E-state index contributed by atoms with van der Waals surface area (Å²) >= 11 is 0. The summed E-state index contributed by atoms with van der Waals surface area (Å²) in [6.07, 6.45) is 2.99. The van der Waals surface area contributed by atoms with E-state index in [0.29, 0.717) is 30.6 Å². The topological polar surface area (TPSA) is 116 Å². The number of carbonyl (C=O) groups is 3. The molecule has 0 fully saturated rings. The van der Waals surface area contributed by atoms with Crippen LogP contribution < -0.4 is 5.32 Å². The number of ketones is 1. The van der Waals surface area contributed by atoms with Crippen LogP contribution in [0, 0.1) is 13.8 Å². The monoisotopic (exact) mass is 407 g/mol. The third-order valence-electron chi connectivity index (χ3n) is 5.25. The van der Waals surface area contributed by atoms with Crippen LogP contribution in [0.25, 0.3) is 5.78 Å². The lowest BCUT2D eigenvalue weighted by Gasteiger charge is -2.17. The molecule has 9 heteroatoms. The van der Waals surface area contributed by atoms with E-state index in [4.69, 9.17) is 4.74 Å². The number of esters is 1. The normalized spacial score (nSPS) is 13.1. The quantitative estimate of drug-likeness (QED) is 0.491. The van der Waals surface area contributed by atoms with Crippen LogP contribution in [-0.4, -0.2) is 43.8 Å². The van der Waals surface area contributed by atoms with Gasteiger partial charge in [-0.15, -0.1) is 0 Å². The third-order valence-corrected chi connectivity index (χ3v) is 5.25. The van der Waals surface area contributed by atoms with E-state index in [1.807, 2.05) is 13.8 Å². The Labute approximate surface area is 172 Å². The number of carbonyl (C=O) groups excluding carboxylic acids is 3. The van der Waals surface area contributed by atoms with Gasteiger partial charge in [-0.25, -0.2) is 9.50 Å². The van der Waals surface area contributed by atoms with Crippen molar-refractivity contribution < 1.29 is 19.1 Å². The van der Waals surface area contributed by atoms with Crippen LogP contribution in [0.2, 0.25) is 0 Å². The second-order valence-corrected chi connectivity index (χ2v) is 7.24. The number of hydrogen-bond acceptors (Lipinski definition) is 7. The molecular weight excluding hydrogens is 386 g/mol. The Balaban J connectivity index is 1.34. The average Bonchev–Trinajstić information content (AvgIpc) is 3.20. The van der Waals surface area contributed by atoms with Gasteiger partial charge in [-0.2, -0.15) is 10.1 Å². The maximum Gasteiger partial charge on any atom is 0.306 e. The van der Waals surface area contributed by atoms with Crippen molar-refractivity contribution in [2.45, 2.75) is 39.5 Å². The molecule has 1 aromatic carbocycles. The molecule has 0 spiro atoms. The number of nitrogens with zero attached hydrogens (tertiary/aromatic N) is 4. The van der Waals surface area contributed by atoms with Crippen molar-refractivity contribution in [2.24, 2.45) is 0 Å². The van der Waals surface area contributed by atoms with Gasteiger partial charge >= 0.3 is 5.97 Å². The molecule has 2 aromatic heterocycles. The van der Waals surface area contributed by atoms with Gasteiger partial charge in [0.2, 0.25) is 5.91 Å². The van der Waals surface area contributed by atoms with Crippen molar-refractivity contribution >= 4 is 29.1 Å². The van der Waals surface area contributed by atoms with E-state index in [0.717, 1.165) is 28.2 Å². The molecule has 0 aliphatic carbocycles. The fourth-order valence-electron chi connectivity index (χ4n) is 3.60. The molecule has 9 nitrogen and oxygen atoms in total. The van der Waals surface area contributed by atoms with E-state index in [1.54, 1.807) is 22.7 Å². The molecule has 1 aliphatic heterocycles. The zero-order valence-electron chi connectivity index (χ0n) is 16.8. The summed E-state index contributed by atoms with van der Waals surface area (Å²) in [5.74, 6) is -0.238. The molecule has 0 radical (unpaired) electrons. The lowest BCUT2D eigenvalue weighted by molar-refractivity contribution is -0.142. The van der Waals surface area contributed by atoms with Gasteiger partial charge < -0.3 is 10.1 Å². The number of Topliss-reactive ketones (excluding diaryl/α,β-unsaturated/α-hetero) is 1. The van der Waals surface area contributed by atoms with Crippen molar-refractivity contribution in [2.75, 3.05) is 11.9 Å². The first-order chi connectivity index (χ1) is 14.4. The molecule has 4 rings (SSSR count). The molecule has 30 heavy (non-hydrogen) atoms. The molecule has 154 valence electrons. The van der Waals surface area contributed by atoms with Crippen molar-refractivity contribution in [1.29, 1.82) is 0 Å². The highest BCUT2D eigenvalue weighted by molar-refractivity contribution is 6.00. The molecule has 0 unspecified atom stereocenters. The van der Waals surface area contributed by atoms with E-state index in [1.165, 1.54) is 6.33 Å². The Hall–Kier alpha value is -3.62. The van der Waals surface area contributed by atoms with E-state index < -0.39 is 5.97 Å². The van der Waals surface area contributed by atoms with Gasteiger partial charge in [-0.1, -0.05) is 0 Å². The first-order valence-corrected chi connectivity index (χ1v) is 9.70. The standard InChI is InChI=1S/C21H21N5O4/c1-12-16(13(2)26-21(24-12)22-11-23-26)5-8-20(29)30-10-18(27)15-3-6-17-14(9-15)4-7-19(28)25-17/h3,6,9,11H,4-5,7-8,10H2,1-2H3,(H,25,28). The summed E-state index contributed by atoms with van der Waals surface area (Å²) < 4.78 is 6.81. The van der Waals surface area contributed by atoms with Gasteiger partial charge in [-0.05, 0) is 56.0 Å². The SMILES string of the molecule is Cc1nc2ncnn2c(C)c1CCC(=O)OCC(=O)c1ccc2c(c1)CCC(=O)N2. The smallest absolute Gasteiger partial charge is 0.306 e. The van der Waals surface area contributed by atoms with Crippen molar-refractivity contribution in [1.82, 2.24) is 19.6 Å². The van der Waals surface area contributed by atoms with Gasteiger partial charge in [0.15, 0.2) is 12.4 Å². The fraction of sp³-hybridized carbons (Fsp3) is 0.333. The van der Waals surface area contributed by atoms with Gasteiger partial charge in [0.1, 0.15) is 6.33 Å². The summed E-state index contributed by atoms with van der Waals surface area (Å²) in [7, 11) is 0. The zero-order valence-corrected chi connectivity index (χ0v) is 16.8. The molecule has 1 amide bonds. The minimum Gasteiger partial charge on any atom is -0.457 e. The molecule has 3 heterocycles. The highest BCUT2D eigenvalue weighted by Gasteiger charge is 2.18. The molecule has 0 bridgehead atoms. The first kappa shape index (κ1) is 19.7. The number of aryl methyl sites for hydroxylation is 3. The number of fused-ring (bicyclic) bond motifs is 2. The molecule has 3 aromatic rings. The summed E-state index contributed by atoms with van der Waals surface area (Å²) in [6.45, 7) is 3.45. The van der Waals surface area contributed by atoms with E-state index in [9.17, 15) is 14.4 Å². The number of hydrogen-bond donors (Lipinski definition) is 1. The first-order valence-electron chi connectivity index (χ1n) is 9.70. The second kappa shape index (κ2) is 8.02. The lowest BCUT2D eigenvalue weighted by Crippen LogP contribution is -2.20. The minimum atomic E-state index is -0.453. The summed E-state index contributed by atoms with van der Waals surface area (Å²) in [5, 5.41) is 6.91. The van der Waals surface area contributed by atoms with Crippen molar-refractivity contribution in [3.8, 4) is 0 Å². The summed E-state index contributed by atoms with van der Waals surface area (Å²) in [4.78, 5) is 44.5. The number of ether oxygens (including phenoxy) is 1. The second-order valence-electron chi connectivity index (χ2n) is 7.24.